The molecule has 0 aliphatic heterocycles. The number of nitrogens with zero attached hydrogens (tertiary/aromatic N) is 1. The number of hydrogen-bond donors (Lipinski definition) is 1. The van der Waals surface area contributed by atoms with Crippen molar-refractivity contribution in [2.45, 2.75) is 43.9 Å². The van der Waals surface area contributed by atoms with Gasteiger partial charge in [-0.3, -0.25) is 0 Å². The standard InChI is InChI=1S/C14H20N2S/c1-15-13-16-12(8-17-13)14-5-9-2-10(6-14)4-11(3-9)7-14/h8-11H,2-7H2,1H3,(H,15,16). The molecule has 17 heavy (non-hydrogen) atoms. The molecule has 3 heteroatoms. The highest BCUT2D eigenvalue weighted by atomic mass is 32.1. The third-order valence-corrected chi connectivity index (χ3v) is 6.16. The molecule has 0 atom stereocenters. The molecule has 0 saturated heterocycles. The molecule has 1 N–H and O–H groups in total. The summed E-state index contributed by atoms with van der Waals surface area (Å²) in [6.07, 6.45) is 8.82. The summed E-state index contributed by atoms with van der Waals surface area (Å²) in [4.78, 5) is 4.83. The molecule has 4 aliphatic carbocycles. The maximum absolute atomic E-state index is 4.83. The maximum atomic E-state index is 4.83. The summed E-state index contributed by atoms with van der Waals surface area (Å²) in [7, 11) is 1.97. The fraction of sp³-hybridized carbons (Fsp3) is 0.786. The zero-order valence-electron chi connectivity index (χ0n) is 10.4. The number of nitrogens with one attached hydrogen (secondary N) is 1. The van der Waals surface area contributed by atoms with Crippen LogP contribution in [0, 0.1) is 17.8 Å². The Morgan fingerprint density at radius 3 is 2.24 bits per heavy atom. The van der Waals surface area contributed by atoms with Crippen LogP contribution in [0.1, 0.15) is 44.2 Å². The third-order valence-electron chi connectivity index (χ3n) is 5.30. The van der Waals surface area contributed by atoms with Gasteiger partial charge in [0.15, 0.2) is 5.13 Å². The molecule has 4 aliphatic rings. The molecular formula is C14H20N2S. The summed E-state index contributed by atoms with van der Waals surface area (Å²) in [5.74, 6) is 3.04. The first kappa shape index (κ1) is 10.4. The number of rotatable bonds is 2. The minimum Gasteiger partial charge on any atom is -0.365 e. The van der Waals surface area contributed by atoms with Crippen molar-refractivity contribution >= 4 is 16.5 Å². The Hall–Kier alpha value is -0.570. The summed E-state index contributed by atoms with van der Waals surface area (Å²) in [5.41, 5.74) is 1.88. The van der Waals surface area contributed by atoms with E-state index >= 15 is 0 Å². The van der Waals surface area contributed by atoms with E-state index in [-0.39, 0.29) is 0 Å². The lowest BCUT2D eigenvalue weighted by atomic mass is 9.49. The highest BCUT2D eigenvalue weighted by Crippen LogP contribution is 2.60. The smallest absolute Gasteiger partial charge is 0.182 e. The first-order valence-corrected chi connectivity index (χ1v) is 7.79. The zero-order valence-corrected chi connectivity index (χ0v) is 11.2. The van der Waals surface area contributed by atoms with Gasteiger partial charge >= 0.3 is 0 Å². The molecule has 1 aromatic heterocycles. The van der Waals surface area contributed by atoms with Crippen molar-refractivity contribution in [1.29, 1.82) is 0 Å². The molecular weight excluding hydrogens is 228 g/mol. The monoisotopic (exact) mass is 248 g/mol. The largest absolute Gasteiger partial charge is 0.365 e. The van der Waals surface area contributed by atoms with E-state index < -0.39 is 0 Å². The van der Waals surface area contributed by atoms with Gasteiger partial charge < -0.3 is 5.32 Å². The van der Waals surface area contributed by atoms with Gasteiger partial charge in [-0.2, -0.15) is 0 Å². The highest BCUT2D eigenvalue weighted by molar-refractivity contribution is 7.13. The van der Waals surface area contributed by atoms with E-state index in [0.29, 0.717) is 5.41 Å². The SMILES string of the molecule is CNc1nc(C23CC4CC(CC(C4)C2)C3)cs1. The van der Waals surface area contributed by atoms with Crippen LogP contribution in [0.2, 0.25) is 0 Å². The molecule has 5 rings (SSSR count). The lowest BCUT2D eigenvalue weighted by Gasteiger charge is -2.56. The Morgan fingerprint density at radius 2 is 1.76 bits per heavy atom. The second-order valence-corrected chi connectivity index (χ2v) is 7.34. The Labute approximate surface area is 107 Å². The van der Waals surface area contributed by atoms with E-state index in [4.69, 9.17) is 4.98 Å². The summed E-state index contributed by atoms with van der Waals surface area (Å²) < 4.78 is 0. The molecule has 92 valence electrons. The minimum absolute atomic E-state index is 0.473. The van der Waals surface area contributed by atoms with Crippen molar-refractivity contribution in [1.82, 2.24) is 4.98 Å². The average Bonchev–Trinajstić information content (AvgIpc) is 2.76. The third kappa shape index (κ3) is 1.48. The van der Waals surface area contributed by atoms with Crippen LogP contribution >= 0.6 is 11.3 Å². The summed E-state index contributed by atoms with van der Waals surface area (Å²) in [6, 6.07) is 0. The summed E-state index contributed by atoms with van der Waals surface area (Å²) >= 11 is 1.78. The molecule has 1 heterocycles. The summed E-state index contributed by atoms with van der Waals surface area (Å²) in [6.45, 7) is 0. The predicted molar refractivity (Wildman–Crippen MR) is 71.5 cm³/mol. The molecule has 0 unspecified atom stereocenters. The van der Waals surface area contributed by atoms with Crippen LogP contribution in [-0.4, -0.2) is 12.0 Å². The van der Waals surface area contributed by atoms with Crippen molar-refractivity contribution in [2.24, 2.45) is 17.8 Å². The fourth-order valence-electron chi connectivity index (χ4n) is 5.06. The molecule has 4 fully saturated rings. The van der Waals surface area contributed by atoms with Gasteiger partial charge in [-0.1, -0.05) is 0 Å². The lowest BCUT2D eigenvalue weighted by Crippen LogP contribution is -2.48. The van der Waals surface area contributed by atoms with Crippen molar-refractivity contribution in [3.8, 4) is 0 Å². The Morgan fingerprint density at radius 1 is 1.18 bits per heavy atom. The normalized spacial score (nSPS) is 43.0. The molecule has 4 bridgehead atoms. The van der Waals surface area contributed by atoms with E-state index in [0.717, 1.165) is 22.9 Å². The van der Waals surface area contributed by atoms with Gasteiger partial charge in [0.2, 0.25) is 0 Å². The average molecular weight is 248 g/mol. The molecule has 1 aromatic rings. The van der Waals surface area contributed by atoms with Gasteiger partial charge in [-0.05, 0) is 56.3 Å². The van der Waals surface area contributed by atoms with E-state index in [2.05, 4.69) is 10.7 Å². The van der Waals surface area contributed by atoms with Crippen molar-refractivity contribution < 1.29 is 0 Å². The molecule has 0 radical (unpaired) electrons. The van der Waals surface area contributed by atoms with Gasteiger partial charge in [0.1, 0.15) is 0 Å². The number of anilines is 1. The second kappa shape index (κ2) is 3.47. The number of hydrogen-bond acceptors (Lipinski definition) is 3. The van der Waals surface area contributed by atoms with Gasteiger partial charge in [-0.25, -0.2) is 4.98 Å². The van der Waals surface area contributed by atoms with Crippen molar-refractivity contribution in [3.05, 3.63) is 11.1 Å². The van der Waals surface area contributed by atoms with Crippen LogP contribution < -0.4 is 5.32 Å². The van der Waals surface area contributed by atoms with Crippen LogP contribution in [0.5, 0.6) is 0 Å². The fourth-order valence-corrected chi connectivity index (χ4v) is 5.85. The van der Waals surface area contributed by atoms with Gasteiger partial charge in [-0.15, -0.1) is 11.3 Å². The predicted octanol–water partition coefficient (Wildman–Crippen LogP) is 3.65. The zero-order chi connectivity index (χ0) is 11.5. The molecule has 2 nitrogen and oxygen atoms in total. The van der Waals surface area contributed by atoms with Crippen LogP contribution in [0.4, 0.5) is 5.13 Å². The molecule has 0 amide bonds. The van der Waals surface area contributed by atoms with E-state index in [1.807, 2.05) is 7.05 Å². The molecule has 0 aromatic carbocycles. The van der Waals surface area contributed by atoms with Crippen LogP contribution in [-0.2, 0) is 5.41 Å². The van der Waals surface area contributed by atoms with E-state index in [1.165, 1.54) is 44.2 Å². The number of aromatic nitrogens is 1. The van der Waals surface area contributed by atoms with Gasteiger partial charge in [0.25, 0.3) is 0 Å². The van der Waals surface area contributed by atoms with E-state index in [9.17, 15) is 0 Å². The lowest BCUT2D eigenvalue weighted by molar-refractivity contribution is -0.00688. The van der Waals surface area contributed by atoms with Crippen LogP contribution in [0.25, 0.3) is 0 Å². The molecule has 0 spiro atoms. The van der Waals surface area contributed by atoms with Crippen LogP contribution in [0.3, 0.4) is 0 Å². The van der Waals surface area contributed by atoms with E-state index in [1.54, 1.807) is 11.3 Å². The number of thiazole rings is 1. The second-order valence-electron chi connectivity index (χ2n) is 6.49. The Kier molecular flexibility index (Phi) is 2.11. The first-order chi connectivity index (χ1) is 8.27. The Balaban J connectivity index is 1.72. The van der Waals surface area contributed by atoms with Gasteiger partial charge in [0, 0.05) is 17.8 Å². The molecule has 4 saturated carbocycles. The van der Waals surface area contributed by atoms with Crippen molar-refractivity contribution in [2.75, 3.05) is 12.4 Å². The minimum atomic E-state index is 0.473. The quantitative estimate of drug-likeness (QED) is 0.864. The summed E-state index contributed by atoms with van der Waals surface area (Å²) in [5, 5.41) is 6.60. The first-order valence-electron chi connectivity index (χ1n) is 6.91. The van der Waals surface area contributed by atoms with Crippen LogP contribution in [0.15, 0.2) is 5.38 Å². The Bertz CT molecular complexity index is 402. The van der Waals surface area contributed by atoms with Gasteiger partial charge in [0.05, 0.1) is 5.69 Å². The highest BCUT2D eigenvalue weighted by Gasteiger charge is 2.52. The maximum Gasteiger partial charge on any atom is 0.182 e. The topological polar surface area (TPSA) is 24.9 Å². The van der Waals surface area contributed by atoms with Crippen molar-refractivity contribution in [3.63, 3.8) is 0 Å².